The molecule has 1 aromatic carbocycles. The van der Waals surface area contributed by atoms with Crippen molar-refractivity contribution >= 4 is 21.9 Å². The molecule has 1 unspecified atom stereocenters. The minimum Gasteiger partial charge on any atom is -0.354 e. The Labute approximate surface area is 156 Å². The monoisotopic (exact) mass is 409 g/mol. The van der Waals surface area contributed by atoms with Gasteiger partial charge in [0.1, 0.15) is 5.82 Å². The first-order valence-electron chi connectivity index (χ1n) is 8.21. The van der Waals surface area contributed by atoms with Crippen LogP contribution < -0.4 is 10.6 Å². The van der Waals surface area contributed by atoms with Crippen molar-refractivity contribution in [3.63, 3.8) is 0 Å². The van der Waals surface area contributed by atoms with Crippen molar-refractivity contribution in [1.82, 2.24) is 20.4 Å². The molecule has 25 heavy (non-hydrogen) atoms. The highest BCUT2D eigenvalue weighted by Crippen LogP contribution is 2.15. The fourth-order valence-electron chi connectivity index (χ4n) is 2.80. The van der Waals surface area contributed by atoms with Crippen molar-refractivity contribution in [3.8, 4) is 0 Å². The summed E-state index contributed by atoms with van der Waals surface area (Å²) in [6.07, 6.45) is 0.859. The molecule has 1 atom stereocenters. The highest BCUT2D eigenvalue weighted by molar-refractivity contribution is 9.10. The van der Waals surface area contributed by atoms with Crippen molar-refractivity contribution < 1.29 is 4.39 Å². The maximum atomic E-state index is 13.5. The number of aromatic nitrogens is 2. The van der Waals surface area contributed by atoms with E-state index < -0.39 is 0 Å². The molecular formula is C18H25BrFN5. The Morgan fingerprint density at radius 3 is 2.64 bits per heavy atom. The average Bonchev–Trinajstić information content (AvgIpc) is 2.77. The van der Waals surface area contributed by atoms with Crippen LogP contribution in [-0.2, 0) is 20.0 Å². The molecular weight excluding hydrogens is 385 g/mol. The summed E-state index contributed by atoms with van der Waals surface area (Å²) in [7, 11) is 3.69. The van der Waals surface area contributed by atoms with Crippen LogP contribution in [0.25, 0.3) is 0 Å². The van der Waals surface area contributed by atoms with Crippen LogP contribution in [0.1, 0.15) is 29.4 Å². The zero-order chi connectivity index (χ0) is 18.6. The van der Waals surface area contributed by atoms with Crippen molar-refractivity contribution in [3.05, 3.63) is 51.0 Å². The second-order valence-electron chi connectivity index (χ2n) is 6.23. The minimum absolute atomic E-state index is 0.187. The number of rotatable bonds is 5. The van der Waals surface area contributed by atoms with Gasteiger partial charge in [-0.15, -0.1) is 0 Å². The summed E-state index contributed by atoms with van der Waals surface area (Å²) in [5.41, 5.74) is 4.34. The summed E-state index contributed by atoms with van der Waals surface area (Å²) in [6.45, 7) is 6.71. The van der Waals surface area contributed by atoms with Gasteiger partial charge in [-0.3, -0.25) is 9.67 Å². The van der Waals surface area contributed by atoms with Crippen molar-refractivity contribution in [2.75, 3.05) is 7.05 Å². The van der Waals surface area contributed by atoms with E-state index in [4.69, 9.17) is 0 Å². The third-order valence-corrected chi connectivity index (χ3v) is 4.62. The number of aryl methyl sites for hydroxylation is 2. The third kappa shape index (κ3) is 5.29. The number of aliphatic imine (C=N–C) groups is 1. The van der Waals surface area contributed by atoms with Gasteiger partial charge in [0.05, 0.1) is 5.69 Å². The molecule has 2 N–H and O–H groups in total. The Bertz CT molecular complexity index is 749. The van der Waals surface area contributed by atoms with E-state index in [0.717, 1.165) is 22.2 Å². The number of nitrogens with zero attached hydrogens (tertiary/aromatic N) is 3. The van der Waals surface area contributed by atoms with Crippen LogP contribution >= 0.6 is 15.9 Å². The first kappa shape index (κ1) is 19.4. The van der Waals surface area contributed by atoms with Gasteiger partial charge in [0.15, 0.2) is 5.96 Å². The Morgan fingerprint density at radius 2 is 2.08 bits per heavy atom. The molecule has 0 saturated carbocycles. The fourth-order valence-corrected chi connectivity index (χ4v) is 3.31. The molecule has 1 heterocycles. The van der Waals surface area contributed by atoms with Gasteiger partial charge in [0.2, 0.25) is 0 Å². The number of benzene rings is 1. The highest BCUT2D eigenvalue weighted by Gasteiger charge is 2.14. The predicted molar refractivity (Wildman–Crippen MR) is 103 cm³/mol. The number of hydrogen-bond donors (Lipinski definition) is 2. The van der Waals surface area contributed by atoms with Gasteiger partial charge in [-0.05, 0) is 56.5 Å². The lowest BCUT2D eigenvalue weighted by Gasteiger charge is -2.18. The maximum Gasteiger partial charge on any atom is 0.191 e. The molecule has 0 aliphatic rings. The Hall–Kier alpha value is -1.89. The summed E-state index contributed by atoms with van der Waals surface area (Å²) >= 11 is 3.31. The van der Waals surface area contributed by atoms with Crippen LogP contribution in [0, 0.1) is 19.7 Å². The molecule has 136 valence electrons. The molecule has 1 aromatic heterocycles. The van der Waals surface area contributed by atoms with E-state index in [1.165, 1.54) is 23.4 Å². The third-order valence-electron chi connectivity index (χ3n) is 4.16. The number of halogens is 2. The lowest BCUT2D eigenvalue weighted by Crippen LogP contribution is -2.42. The molecule has 0 spiro atoms. The van der Waals surface area contributed by atoms with Crippen LogP contribution in [0.5, 0.6) is 0 Å². The second kappa shape index (κ2) is 8.47. The SMILES string of the molecule is CN=C(NCc1cc(F)cc(Br)c1)NC(C)Cc1c(C)nn(C)c1C. The Morgan fingerprint density at radius 1 is 1.36 bits per heavy atom. The first-order valence-corrected chi connectivity index (χ1v) is 9.00. The predicted octanol–water partition coefficient (Wildman–Crippen LogP) is 3.23. The normalized spacial score (nSPS) is 13.0. The topological polar surface area (TPSA) is 54.2 Å². The number of guanidine groups is 1. The number of hydrogen-bond acceptors (Lipinski definition) is 2. The van der Waals surface area contributed by atoms with E-state index in [9.17, 15) is 4.39 Å². The molecule has 2 rings (SSSR count). The van der Waals surface area contributed by atoms with Crippen LogP contribution in [0.2, 0.25) is 0 Å². The molecule has 5 nitrogen and oxygen atoms in total. The summed E-state index contributed by atoms with van der Waals surface area (Å²) in [6, 6.07) is 5.02. The minimum atomic E-state index is -0.259. The quantitative estimate of drug-likeness (QED) is 0.588. The Balaban J connectivity index is 1.95. The smallest absolute Gasteiger partial charge is 0.191 e. The molecule has 0 aliphatic carbocycles. The highest BCUT2D eigenvalue weighted by atomic mass is 79.9. The van der Waals surface area contributed by atoms with Crippen LogP contribution in [0.4, 0.5) is 4.39 Å². The number of nitrogens with one attached hydrogen (secondary N) is 2. The Kier molecular flexibility index (Phi) is 6.58. The van der Waals surface area contributed by atoms with Crippen molar-refractivity contribution in [2.24, 2.45) is 12.0 Å². The molecule has 7 heteroatoms. The molecule has 0 aliphatic heterocycles. The molecule has 0 saturated heterocycles. The fraction of sp³-hybridized carbons (Fsp3) is 0.444. The zero-order valence-electron chi connectivity index (χ0n) is 15.3. The van der Waals surface area contributed by atoms with Gasteiger partial charge in [0.25, 0.3) is 0 Å². The van der Waals surface area contributed by atoms with Gasteiger partial charge < -0.3 is 10.6 Å². The first-order chi connectivity index (χ1) is 11.8. The molecule has 2 aromatic rings. The molecule has 0 bridgehead atoms. The standard InChI is InChI=1S/C18H25BrFN5/c1-11(6-17-12(2)24-25(5)13(17)3)23-18(21-4)22-10-14-7-15(19)9-16(20)8-14/h7-9,11H,6,10H2,1-5H3,(H2,21,22,23). The summed E-state index contributed by atoms with van der Waals surface area (Å²) in [5, 5.41) is 11.1. The van der Waals surface area contributed by atoms with Gasteiger partial charge in [-0.2, -0.15) is 5.10 Å². The van der Waals surface area contributed by atoms with Gasteiger partial charge >= 0.3 is 0 Å². The molecule has 0 fully saturated rings. The summed E-state index contributed by atoms with van der Waals surface area (Å²) in [5.74, 6) is 0.428. The van der Waals surface area contributed by atoms with Crippen molar-refractivity contribution in [1.29, 1.82) is 0 Å². The summed E-state index contributed by atoms with van der Waals surface area (Å²) in [4.78, 5) is 4.25. The zero-order valence-corrected chi connectivity index (χ0v) is 16.9. The van der Waals surface area contributed by atoms with E-state index >= 15 is 0 Å². The van der Waals surface area contributed by atoms with E-state index in [1.807, 2.05) is 24.7 Å². The van der Waals surface area contributed by atoms with Crippen LogP contribution in [0.15, 0.2) is 27.7 Å². The second-order valence-corrected chi connectivity index (χ2v) is 7.14. The van der Waals surface area contributed by atoms with Crippen LogP contribution in [0.3, 0.4) is 0 Å². The summed E-state index contributed by atoms with van der Waals surface area (Å²) < 4.78 is 16.1. The van der Waals surface area contributed by atoms with E-state index in [1.54, 1.807) is 7.05 Å². The van der Waals surface area contributed by atoms with Crippen LogP contribution in [-0.4, -0.2) is 28.8 Å². The molecule has 0 radical (unpaired) electrons. The average molecular weight is 410 g/mol. The lowest BCUT2D eigenvalue weighted by molar-refractivity contribution is 0.620. The van der Waals surface area contributed by atoms with E-state index in [2.05, 4.69) is 50.5 Å². The largest absolute Gasteiger partial charge is 0.354 e. The van der Waals surface area contributed by atoms with E-state index in [0.29, 0.717) is 12.5 Å². The van der Waals surface area contributed by atoms with Gasteiger partial charge in [-0.1, -0.05) is 15.9 Å². The van der Waals surface area contributed by atoms with Gasteiger partial charge in [0, 0.05) is 36.8 Å². The van der Waals surface area contributed by atoms with Gasteiger partial charge in [-0.25, -0.2) is 4.39 Å². The lowest BCUT2D eigenvalue weighted by atomic mass is 10.1. The van der Waals surface area contributed by atoms with Crippen molar-refractivity contribution in [2.45, 2.75) is 39.8 Å². The maximum absolute atomic E-state index is 13.5. The molecule has 0 amide bonds. The van der Waals surface area contributed by atoms with E-state index in [-0.39, 0.29) is 11.9 Å².